The fraction of sp³-hybridized carbons (Fsp3) is 0.200. The Bertz CT molecular complexity index is 572. The molecule has 0 aliphatic heterocycles. The molecule has 0 saturated heterocycles. The van der Waals surface area contributed by atoms with Crippen LogP contribution >= 0.6 is 11.6 Å². The van der Waals surface area contributed by atoms with Crippen LogP contribution < -0.4 is 9.47 Å². The molecule has 1 unspecified atom stereocenters. The van der Waals surface area contributed by atoms with Crippen LogP contribution in [0.25, 0.3) is 0 Å². The van der Waals surface area contributed by atoms with E-state index in [-0.39, 0.29) is 5.82 Å². The molecule has 0 bridgehead atoms. The van der Waals surface area contributed by atoms with Gasteiger partial charge in [-0.05, 0) is 35.9 Å². The van der Waals surface area contributed by atoms with Crippen LogP contribution in [0.15, 0.2) is 42.5 Å². The van der Waals surface area contributed by atoms with E-state index in [9.17, 15) is 4.39 Å². The Morgan fingerprint density at radius 3 is 2.47 bits per heavy atom. The van der Waals surface area contributed by atoms with Crippen LogP contribution in [0.3, 0.4) is 0 Å². The number of alkyl halides is 1. The third-order valence-electron chi connectivity index (χ3n) is 2.85. The van der Waals surface area contributed by atoms with E-state index in [4.69, 9.17) is 21.1 Å². The van der Waals surface area contributed by atoms with E-state index in [2.05, 4.69) is 0 Å². The SMILES string of the molecule is COc1ccc(OC)c(C(Cl)c2cccc(F)c2)c1. The fourth-order valence-electron chi connectivity index (χ4n) is 1.88. The third kappa shape index (κ3) is 2.99. The van der Waals surface area contributed by atoms with Gasteiger partial charge in [-0.15, -0.1) is 11.6 Å². The van der Waals surface area contributed by atoms with E-state index >= 15 is 0 Å². The van der Waals surface area contributed by atoms with Crippen molar-refractivity contribution in [3.63, 3.8) is 0 Å². The lowest BCUT2D eigenvalue weighted by molar-refractivity contribution is 0.399. The molecule has 0 aromatic heterocycles. The predicted octanol–water partition coefficient (Wildman–Crippen LogP) is 4.17. The summed E-state index contributed by atoms with van der Waals surface area (Å²) < 4.78 is 23.7. The highest BCUT2D eigenvalue weighted by Crippen LogP contribution is 2.37. The molecule has 0 amide bonds. The van der Waals surface area contributed by atoms with Crippen molar-refractivity contribution in [2.45, 2.75) is 5.38 Å². The predicted molar refractivity (Wildman–Crippen MR) is 73.6 cm³/mol. The minimum absolute atomic E-state index is 0.315. The number of hydrogen-bond donors (Lipinski definition) is 0. The largest absolute Gasteiger partial charge is 0.497 e. The van der Waals surface area contributed by atoms with Gasteiger partial charge in [0.1, 0.15) is 17.3 Å². The average molecular weight is 281 g/mol. The molecular formula is C15H14ClFO2. The summed E-state index contributed by atoms with van der Waals surface area (Å²) in [7, 11) is 3.15. The highest BCUT2D eigenvalue weighted by atomic mass is 35.5. The zero-order chi connectivity index (χ0) is 13.8. The minimum Gasteiger partial charge on any atom is -0.497 e. The maximum absolute atomic E-state index is 13.3. The molecule has 0 radical (unpaired) electrons. The van der Waals surface area contributed by atoms with Gasteiger partial charge in [0.05, 0.1) is 19.6 Å². The highest BCUT2D eigenvalue weighted by molar-refractivity contribution is 6.22. The molecule has 2 aromatic carbocycles. The first-order valence-electron chi connectivity index (χ1n) is 5.77. The van der Waals surface area contributed by atoms with E-state index < -0.39 is 5.38 Å². The molecular weight excluding hydrogens is 267 g/mol. The first kappa shape index (κ1) is 13.7. The molecule has 4 heteroatoms. The molecule has 0 aliphatic carbocycles. The number of hydrogen-bond acceptors (Lipinski definition) is 2. The molecule has 2 rings (SSSR count). The number of rotatable bonds is 4. The van der Waals surface area contributed by atoms with E-state index in [1.54, 1.807) is 44.6 Å². The van der Waals surface area contributed by atoms with Gasteiger partial charge in [0.25, 0.3) is 0 Å². The monoisotopic (exact) mass is 280 g/mol. The third-order valence-corrected chi connectivity index (χ3v) is 3.34. The van der Waals surface area contributed by atoms with Gasteiger partial charge in [-0.25, -0.2) is 4.39 Å². The Balaban J connectivity index is 2.44. The molecule has 0 aliphatic rings. The van der Waals surface area contributed by atoms with Crippen molar-refractivity contribution in [1.29, 1.82) is 0 Å². The van der Waals surface area contributed by atoms with E-state index in [0.717, 1.165) is 5.56 Å². The van der Waals surface area contributed by atoms with E-state index in [1.165, 1.54) is 12.1 Å². The van der Waals surface area contributed by atoms with Crippen LogP contribution in [-0.4, -0.2) is 14.2 Å². The second kappa shape index (κ2) is 5.93. The molecule has 0 heterocycles. The fourth-order valence-corrected chi connectivity index (χ4v) is 2.19. The molecule has 1 atom stereocenters. The van der Waals surface area contributed by atoms with E-state index in [1.807, 2.05) is 0 Å². The standard InChI is InChI=1S/C15H14ClFO2/c1-18-12-6-7-14(19-2)13(9-12)15(16)10-4-3-5-11(17)8-10/h3-9,15H,1-2H3. The van der Waals surface area contributed by atoms with Crippen molar-refractivity contribution >= 4 is 11.6 Å². The lowest BCUT2D eigenvalue weighted by atomic mass is 10.0. The smallest absolute Gasteiger partial charge is 0.124 e. The summed E-state index contributed by atoms with van der Waals surface area (Å²) in [6.07, 6.45) is 0. The molecule has 0 N–H and O–H groups in total. The van der Waals surface area contributed by atoms with Crippen LogP contribution in [0.1, 0.15) is 16.5 Å². The Kier molecular flexibility index (Phi) is 4.27. The van der Waals surface area contributed by atoms with Gasteiger partial charge in [-0.2, -0.15) is 0 Å². The molecule has 2 aromatic rings. The molecule has 0 saturated carbocycles. The lowest BCUT2D eigenvalue weighted by Crippen LogP contribution is -1.99. The second-order valence-corrected chi connectivity index (χ2v) is 4.46. The lowest BCUT2D eigenvalue weighted by Gasteiger charge is -2.15. The first-order valence-corrected chi connectivity index (χ1v) is 6.21. The van der Waals surface area contributed by atoms with Crippen molar-refractivity contribution < 1.29 is 13.9 Å². The van der Waals surface area contributed by atoms with Gasteiger partial charge in [0.2, 0.25) is 0 Å². The number of benzene rings is 2. The van der Waals surface area contributed by atoms with Crippen molar-refractivity contribution in [3.05, 3.63) is 59.4 Å². The van der Waals surface area contributed by atoms with Crippen molar-refractivity contribution in [3.8, 4) is 11.5 Å². The van der Waals surface area contributed by atoms with Crippen LogP contribution in [0.2, 0.25) is 0 Å². The normalized spacial score (nSPS) is 12.0. The Morgan fingerprint density at radius 2 is 1.84 bits per heavy atom. The zero-order valence-corrected chi connectivity index (χ0v) is 11.4. The molecule has 2 nitrogen and oxygen atoms in total. The summed E-state index contributed by atoms with van der Waals surface area (Å²) in [6, 6.07) is 11.6. The van der Waals surface area contributed by atoms with Crippen LogP contribution in [0.5, 0.6) is 11.5 Å². The van der Waals surface area contributed by atoms with Crippen molar-refractivity contribution in [2.24, 2.45) is 0 Å². The molecule has 100 valence electrons. The Hall–Kier alpha value is -1.74. The summed E-state index contributed by atoms with van der Waals surface area (Å²) in [5.41, 5.74) is 1.42. The summed E-state index contributed by atoms with van der Waals surface area (Å²) >= 11 is 6.41. The summed E-state index contributed by atoms with van der Waals surface area (Å²) in [6.45, 7) is 0. The Labute approximate surface area is 116 Å². The number of ether oxygens (including phenoxy) is 2. The number of halogens is 2. The minimum atomic E-state index is -0.499. The molecule has 0 fully saturated rings. The van der Waals surface area contributed by atoms with E-state index in [0.29, 0.717) is 17.1 Å². The summed E-state index contributed by atoms with van der Waals surface area (Å²) in [5.74, 6) is 1.01. The Morgan fingerprint density at radius 1 is 1.05 bits per heavy atom. The van der Waals surface area contributed by atoms with Gasteiger partial charge >= 0.3 is 0 Å². The second-order valence-electron chi connectivity index (χ2n) is 4.03. The van der Waals surface area contributed by atoms with Crippen molar-refractivity contribution in [1.82, 2.24) is 0 Å². The summed E-state index contributed by atoms with van der Waals surface area (Å²) in [5, 5.41) is -0.499. The van der Waals surface area contributed by atoms with Crippen LogP contribution in [0.4, 0.5) is 4.39 Å². The van der Waals surface area contributed by atoms with Gasteiger partial charge in [0.15, 0.2) is 0 Å². The summed E-state index contributed by atoms with van der Waals surface area (Å²) in [4.78, 5) is 0. The molecule has 19 heavy (non-hydrogen) atoms. The van der Waals surface area contributed by atoms with Gasteiger partial charge in [-0.3, -0.25) is 0 Å². The average Bonchev–Trinajstić information content (AvgIpc) is 2.45. The van der Waals surface area contributed by atoms with Crippen molar-refractivity contribution in [2.75, 3.05) is 14.2 Å². The van der Waals surface area contributed by atoms with Gasteiger partial charge in [0, 0.05) is 5.56 Å². The maximum atomic E-state index is 13.3. The van der Waals surface area contributed by atoms with Gasteiger partial charge < -0.3 is 9.47 Å². The quantitative estimate of drug-likeness (QED) is 0.783. The van der Waals surface area contributed by atoms with Crippen LogP contribution in [0, 0.1) is 5.82 Å². The first-order chi connectivity index (χ1) is 9.15. The zero-order valence-electron chi connectivity index (χ0n) is 10.7. The van der Waals surface area contributed by atoms with Crippen LogP contribution in [-0.2, 0) is 0 Å². The number of methoxy groups -OCH3 is 2. The van der Waals surface area contributed by atoms with Gasteiger partial charge in [-0.1, -0.05) is 12.1 Å². The highest BCUT2D eigenvalue weighted by Gasteiger charge is 2.17. The maximum Gasteiger partial charge on any atom is 0.124 e. The molecule has 0 spiro atoms. The topological polar surface area (TPSA) is 18.5 Å².